The number of hydrogen-bond acceptors (Lipinski definition) is 4. The SMILES string of the molecule is Cc1nc(N[C@@H]2CCC[C@@H]2C(=O)O)ccc1C#N. The summed E-state index contributed by atoms with van der Waals surface area (Å²) in [6, 6.07) is 5.42. The Bertz CT molecular complexity index is 507. The van der Waals surface area contributed by atoms with E-state index >= 15 is 0 Å². The van der Waals surface area contributed by atoms with Crippen molar-refractivity contribution in [1.82, 2.24) is 4.98 Å². The van der Waals surface area contributed by atoms with Crippen molar-refractivity contribution in [2.24, 2.45) is 5.92 Å². The molecule has 5 heteroatoms. The van der Waals surface area contributed by atoms with Gasteiger partial charge in [0.05, 0.1) is 17.2 Å². The van der Waals surface area contributed by atoms with Crippen LogP contribution in [0.3, 0.4) is 0 Å². The van der Waals surface area contributed by atoms with Crippen molar-refractivity contribution >= 4 is 11.8 Å². The molecule has 1 heterocycles. The summed E-state index contributed by atoms with van der Waals surface area (Å²) in [6.07, 6.45) is 2.48. The number of hydrogen-bond donors (Lipinski definition) is 2. The van der Waals surface area contributed by atoms with Crippen LogP contribution in [0.2, 0.25) is 0 Å². The number of aromatic nitrogens is 1. The van der Waals surface area contributed by atoms with Gasteiger partial charge in [0.15, 0.2) is 0 Å². The van der Waals surface area contributed by atoms with Crippen molar-refractivity contribution in [3.05, 3.63) is 23.4 Å². The summed E-state index contributed by atoms with van der Waals surface area (Å²) >= 11 is 0. The fraction of sp³-hybridized carbons (Fsp3) is 0.462. The van der Waals surface area contributed by atoms with Gasteiger partial charge < -0.3 is 10.4 Å². The summed E-state index contributed by atoms with van der Waals surface area (Å²) in [5.74, 6) is -0.456. The highest BCUT2D eigenvalue weighted by Gasteiger charge is 2.32. The lowest BCUT2D eigenvalue weighted by Gasteiger charge is -2.18. The smallest absolute Gasteiger partial charge is 0.308 e. The minimum absolute atomic E-state index is 0.0673. The van der Waals surface area contributed by atoms with Crippen molar-refractivity contribution in [3.8, 4) is 6.07 Å². The predicted octanol–water partition coefficient (Wildman–Crippen LogP) is 1.93. The Kier molecular flexibility index (Phi) is 3.47. The molecule has 0 spiro atoms. The van der Waals surface area contributed by atoms with Gasteiger partial charge in [0.25, 0.3) is 0 Å². The van der Waals surface area contributed by atoms with Crippen molar-refractivity contribution in [3.63, 3.8) is 0 Å². The molecule has 1 aromatic heterocycles. The van der Waals surface area contributed by atoms with Gasteiger partial charge in [0.2, 0.25) is 0 Å². The van der Waals surface area contributed by atoms with Crippen LogP contribution in [-0.2, 0) is 4.79 Å². The van der Waals surface area contributed by atoms with Crippen molar-refractivity contribution < 1.29 is 9.90 Å². The van der Waals surface area contributed by atoms with E-state index < -0.39 is 5.97 Å². The van der Waals surface area contributed by atoms with E-state index in [0.29, 0.717) is 23.5 Å². The molecule has 0 aromatic carbocycles. The molecular formula is C13H15N3O2. The maximum Gasteiger partial charge on any atom is 0.308 e. The van der Waals surface area contributed by atoms with Crippen LogP contribution in [0.15, 0.2) is 12.1 Å². The highest BCUT2D eigenvalue weighted by atomic mass is 16.4. The van der Waals surface area contributed by atoms with Gasteiger partial charge in [0.1, 0.15) is 11.9 Å². The molecule has 0 unspecified atom stereocenters. The molecule has 2 N–H and O–H groups in total. The summed E-state index contributed by atoms with van der Waals surface area (Å²) in [6.45, 7) is 1.77. The standard InChI is InChI=1S/C13H15N3O2/c1-8-9(7-14)5-6-12(15-8)16-11-4-2-3-10(11)13(17)18/h5-6,10-11H,2-4H2,1H3,(H,15,16)(H,17,18)/t10-,11+/m0/s1. The van der Waals surface area contributed by atoms with Crippen LogP contribution in [0.5, 0.6) is 0 Å². The van der Waals surface area contributed by atoms with E-state index in [1.54, 1.807) is 19.1 Å². The Morgan fingerprint density at radius 3 is 2.94 bits per heavy atom. The molecule has 0 bridgehead atoms. The van der Waals surface area contributed by atoms with Gasteiger partial charge in [-0.3, -0.25) is 4.79 Å². The minimum atomic E-state index is -0.754. The zero-order valence-corrected chi connectivity index (χ0v) is 10.2. The molecule has 2 rings (SSSR count). The van der Waals surface area contributed by atoms with Crippen molar-refractivity contribution in [2.45, 2.75) is 32.2 Å². The predicted molar refractivity (Wildman–Crippen MR) is 66.1 cm³/mol. The summed E-state index contributed by atoms with van der Waals surface area (Å²) in [7, 11) is 0. The van der Waals surface area contributed by atoms with Gasteiger partial charge in [-0.25, -0.2) is 4.98 Å². The molecule has 0 radical (unpaired) electrons. The molecule has 1 aromatic rings. The number of nitrogens with one attached hydrogen (secondary N) is 1. The summed E-state index contributed by atoms with van der Waals surface area (Å²) in [5.41, 5.74) is 1.20. The molecule has 1 fully saturated rings. The molecule has 1 aliphatic carbocycles. The second kappa shape index (κ2) is 5.05. The lowest BCUT2D eigenvalue weighted by molar-refractivity contribution is -0.141. The quantitative estimate of drug-likeness (QED) is 0.849. The number of pyridine rings is 1. The number of carboxylic acids is 1. The van der Waals surface area contributed by atoms with Crippen molar-refractivity contribution in [1.29, 1.82) is 5.26 Å². The molecule has 94 valence electrons. The Morgan fingerprint density at radius 2 is 2.33 bits per heavy atom. The third-order valence-electron chi connectivity index (χ3n) is 3.37. The van der Waals surface area contributed by atoms with E-state index in [2.05, 4.69) is 16.4 Å². The molecule has 1 aliphatic rings. The van der Waals surface area contributed by atoms with Crippen LogP contribution in [0.1, 0.15) is 30.5 Å². The second-order valence-corrected chi connectivity index (χ2v) is 4.57. The number of aliphatic carboxylic acids is 1. The van der Waals surface area contributed by atoms with E-state index in [1.807, 2.05) is 0 Å². The summed E-state index contributed by atoms with van der Waals surface area (Å²) in [5, 5.41) is 21.1. The number of nitriles is 1. The largest absolute Gasteiger partial charge is 0.481 e. The first kappa shape index (κ1) is 12.4. The Hall–Kier alpha value is -2.09. The number of rotatable bonds is 3. The molecule has 0 saturated heterocycles. The molecule has 5 nitrogen and oxygen atoms in total. The van der Waals surface area contributed by atoms with Gasteiger partial charge in [-0.1, -0.05) is 6.42 Å². The monoisotopic (exact) mass is 245 g/mol. The number of aryl methyl sites for hydroxylation is 1. The average molecular weight is 245 g/mol. The number of carbonyl (C=O) groups is 1. The van der Waals surface area contributed by atoms with E-state index in [4.69, 9.17) is 10.4 Å². The van der Waals surface area contributed by atoms with Crippen LogP contribution in [0.4, 0.5) is 5.82 Å². The Morgan fingerprint density at radius 1 is 1.56 bits per heavy atom. The first-order chi connectivity index (χ1) is 8.61. The summed E-state index contributed by atoms with van der Waals surface area (Å²) in [4.78, 5) is 15.3. The maximum atomic E-state index is 11.1. The van der Waals surface area contributed by atoms with Gasteiger partial charge in [-0.05, 0) is 31.9 Å². The van der Waals surface area contributed by atoms with Gasteiger partial charge >= 0.3 is 5.97 Å². The zero-order chi connectivity index (χ0) is 13.1. The third-order valence-corrected chi connectivity index (χ3v) is 3.37. The summed E-state index contributed by atoms with van der Waals surface area (Å²) < 4.78 is 0. The lowest BCUT2D eigenvalue weighted by atomic mass is 10.0. The van der Waals surface area contributed by atoms with Crippen LogP contribution >= 0.6 is 0 Å². The van der Waals surface area contributed by atoms with Crippen LogP contribution in [0, 0.1) is 24.2 Å². The van der Waals surface area contributed by atoms with E-state index in [1.165, 1.54) is 0 Å². The van der Waals surface area contributed by atoms with Crippen LogP contribution < -0.4 is 5.32 Å². The van der Waals surface area contributed by atoms with Crippen LogP contribution in [0.25, 0.3) is 0 Å². The van der Waals surface area contributed by atoms with Gasteiger partial charge in [0, 0.05) is 6.04 Å². The first-order valence-electron chi connectivity index (χ1n) is 5.99. The minimum Gasteiger partial charge on any atom is -0.481 e. The normalized spacial score (nSPS) is 22.4. The number of anilines is 1. The highest BCUT2D eigenvalue weighted by molar-refractivity contribution is 5.72. The third kappa shape index (κ3) is 2.43. The highest BCUT2D eigenvalue weighted by Crippen LogP contribution is 2.28. The molecule has 18 heavy (non-hydrogen) atoms. The number of nitrogens with zero attached hydrogens (tertiary/aromatic N) is 2. The van der Waals surface area contributed by atoms with Gasteiger partial charge in [-0.15, -0.1) is 0 Å². The first-order valence-corrected chi connectivity index (χ1v) is 5.99. The second-order valence-electron chi connectivity index (χ2n) is 4.57. The van der Waals surface area contributed by atoms with Gasteiger partial charge in [-0.2, -0.15) is 5.26 Å². The Labute approximate surface area is 105 Å². The van der Waals surface area contributed by atoms with E-state index in [9.17, 15) is 4.79 Å². The van der Waals surface area contributed by atoms with E-state index in [0.717, 1.165) is 12.8 Å². The molecule has 2 atom stereocenters. The molecule has 0 amide bonds. The molecular weight excluding hydrogens is 230 g/mol. The molecule has 0 aliphatic heterocycles. The zero-order valence-electron chi connectivity index (χ0n) is 10.2. The fourth-order valence-corrected chi connectivity index (χ4v) is 2.38. The van der Waals surface area contributed by atoms with Crippen molar-refractivity contribution in [2.75, 3.05) is 5.32 Å². The maximum absolute atomic E-state index is 11.1. The topological polar surface area (TPSA) is 86.0 Å². The Balaban J connectivity index is 2.12. The van der Waals surface area contributed by atoms with E-state index in [-0.39, 0.29) is 12.0 Å². The number of carboxylic acid groups (broad SMARTS) is 1. The van der Waals surface area contributed by atoms with Crippen LogP contribution in [-0.4, -0.2) is 22.1 Å². The lowest BCUT2D eigenvalue weighted by Crippen LogP contribution is -2.30. The fourth-order valence-electron chi connectivity index (χ4n) is 2.38. The average Bonchev–Trinajstić information content (AvgIpc) is 2.77. The molecule has 1 saturated carbocycles.